The molecule has 0 bridgehead atoms. The fourth-order valence-corrected chi connectivity index (χ4v) is 1.68. The van der Waals surface area contributed by atoms with Crippen molar-refractivity contribution in [1.82, 2.24) is 4.98 Å². The summed E-state index contributed by atoms with van der Waals surface area (Å²) >= 11 is 5.02. The zero-order valence-corrected chi connectivity index (χ0v) is 10.4. The van der Waals surface area contributed by atoms with E-state index in [9.17, 15) is 13.2 Å². The minimum Gasteiger partial charge on any atom is -0.388 e. The van der Waals surface area contributed by atoms with Crippen LogP contribution in [0.15, 0.2) is 12.3 Å². The first kappa shape index (κ1) is 12.0. The summed E-state index contributed by atoms with van der Waals surface area (Å²) < 4.78 is 40.1. The summed E-state index contributed by atoms with van der Waals surface area (Å²) in [6.45, 7) is 0. The van der Waals surface area contributed by atoms with Crippen LogP contribution in [0, 0.1) is 3.57 Å². The molecule has 0 fully saturated rings. The number of rotatable bonds is 2. The Morgan fingerprint density at radius 2 is 2.14 bits per heavy atom. The highest BCUT2D eigenvalue weighted by atomic mass is 127. The van der Waals surface area contributed by atoms with Crippen LogP contribution < -0.4 is 4.74 Å². The normalized spacial score (nSPS) is 11.5. The fourth-order valence-electron chi connectivity index (χ4n) is 0.766. The number of aromatic nitrogens is 1. The van der Waals surface area contributed by atoms with Crippen molar-refractivity contribution in [3.05, 3.63) is 21.4 Å². The number of hydrogen-bond donors (Lipinski definition) is 0. The zero-order chi connectivity index (χ0) is 10.8. The Bertz CT molecular complexity index is 331. The Morgan fingerprint density at radius 3 is 2.64 bits per heavy atom. The Labute approximate surface area is 100 Å². The molecule has 78 valence electrons. The van der Waals surface area contributed by atoms with Gasteiger partial charge in [0, 0.05) is 20.7 Å². The van der Waals surface area contributed by atoms with Crippen LogP contribution in [0.1, 0.15) is 5.56 Å². The number of alkyl halides is 4. The first-order valence-electron chi connectivity index (χ1n) is 3.38. The van der Waals surface area contributed by atoms with Crippen molar-refractivity contribution in [3.63, 3.8) is 0 Å². The molecule has 0 unspecified atom stereocenters. The van der Waals surface area contributed by atoms with E-state index >= 15 is 0 Å². The monoisotopic (exact) mass is 381 g/mol. The molecular weight excluding hydrogens is 378 g/mol. The number of nitrogens with zero attached hydrogens (tertiary/aromatic N) is 1. The van der Waals surface area contributed by atoms with Gasteiger partial charge >= 0.3 is 6.36 Å². The van der Waals surface area contributed by atoms with Gasteiger partial charge in [-0.3, -0.25) is 0 Å². The lowest BCUT2D eigenvalue weighted by atomic mass is 10.3. The maximum absolute atomic E-state index is 11.9. The average Bonchev–Trinajstić information content (AvgIpc) is 2.06. The van der Waals surface area contributed by atoms with Gasteiger partial charge in [0.05, 0.1) is 0 Å². The van der Waals surface area contributed by atoms with E-state index in [2.05, 4.69) is 25.7 Å². The molecule has 0 aliphatic carbocycles. The van der Waals surface area contributed by atoms with E-state index in [0.717, 1.165) is 3.57 Å². The van der Waals surface area contributed by atoms with Gasteiger partial charge in [0.2, 0.25) is 5.88 Å². The SMILES string of the molecule is FC(F)(F)Oc1ncc(I)cc1CBr. The lowest BCUT2D eigenvalue weighted by Gasteiger charge is -2.10. The largest absolute Gasteiger partial charge is 0.574 e. The van der Waals surface area contributed by atoms with Gasteiger partial charge in [-0.15, -0.1) is 13.2 Å². The van der Waals surface area contributed by atoms with Gasteiger partial charge in [0.15, 0.2) is 0 Å². The van der Waals surface area contributed by atoms with E-state index in [1.165, 1.54) is 6.20 Å². The molecule has 7 heteroatoms. The molecule has 1 aromatic rings. The molecule has 0 aliphatic heterocycles. The van der Waals surface area contributed by atoms with Crippen molar-refractivity contribution >= 4 is 38.5 Å². The van der Waals surface area contributed by atoms with E-state index in [0.29, 0.717) is 5.56 Å². The standard InChI is InChI=1S/C7H4BrF3INO/c8-2-4-1-5(12)3-13-6(4)14-7(9,10)11/h1,3H,2H2. The van der Waals surface area contributed by atoms with Gasteiger partial charge in [-0.05, 0) is 28.7 Å². The third-order valence-electron chi connectivity index (χ3n) is 1.25. The first-order chi connectivity index (χ1) is 6.42. The number of hydrogen-bond acceptors (Lipinski definition) is 2. The highest BCUT2D eigenvalue weighted by Gasteiger charge is 2.32. The van der Waals surface area contributed by atoms with Crippen LogP contribution in [0.4, 0.5) is 13.2 Å². The molecule has 0 atom stereocenters. The third-order valence-corrected chi connectivity index (χ3v) is 2.44. The van der Waals surface area contributed by atoms with Crippen molar-refractivity contribution in [2.75, 3.05) is 0 Å². The predicted molar refractivity (Wildman–Crippen MR) is 56.3 cm³/mol. The topological polar surface area (TPSA) is 22.1 Å². The molecule has 1 aromatic heterocycles. The smallest absolute Gasteiger partial charge is 0.388 e. The van der Waals surface area contributed by atoms with Gasteiger partial charge in [0.1, 0.15) is 0 Å². The van der Waals surface area contributed by atoms with Crippen LogP contribution in [0.5, 0.6) is 5.88 Å². The lowest BCUT2D eigenvalue weighted by molar-refractivity contribution is -0.276. The quantitative estimate of drug-likeness (QED) is 0.578. The minimum absolute atomic E-state index is 0.266. The minimum atomic E-state index is -4.70. The summed E-state index contributed by atoms with van der Waals surface area (Å²) in [5.41, 5.74) is 0.370. The molecule has 0 saturated heterocycles. The first-order valence-corrected chi connectivity index (χ1v) is 5.58. The van der Waals surface area contributed by atoms with Crippen LogP contribution >= 0.6 is 38.5 Å². The summed E-state index contributed by atoms with van der Waals surface area (Å²) in [4.78, 5) is 3.55. The zero-order valence-electron chi connectivity index (χ0n) is 6.61. The molecule has 2 nitrogen and oxygen atoms in total. The van der Waals surface area contributed by atoms with Crippen molar-refractivity contribution in [1.29, 1.82) is 0 Å². The maximum atomic E-state index is 11.9. The van der Waals surface area contributed by atoms with Gasteiger partial charge in [-0.1, -0.05) is 15.9 Å². The van der Waals surface area contributed by atoms with Crippen molar-refractivity contribution in [2.45, 2.75) is 11.7 Å². The molecule has 14 heavy (non-hydrogen) atoms. The van der Waals surface area contributed by atoms with E-state index in [1.807, 2.05) is 22.6 Å². The summed E-state index contributed by atoms with van der Waals surface area (Å²) in [5.74, 6) is -0.408. The van der Waals surface area contributed by atoms with Crippen LogP contribution in [0.3, 0.4) is 0 Å². The van der Waals surface area contributed by atoms with Crippen molar-refractivity contribution in [2.24, 2.45) is 0 Å². The average molecular weight is 382 g/mol. The Kier molecular flexibility index (Phi) is 3.99. The second kappa shape index (κ2) is 4.65. The molecule has 0 spiro atoms. The molecule has 0 amide bonds. The second-order valence-electron chi connectivity index (χ2n) is 2.30. The van der Waals surface area contributed by atoms with Gasteiger partial charge in [-0.2, -0.15) is 0 Å². The number of ether oxygens (including phenoxy) is 1. The van der Waals surface area contributed by atoms with Crippen LogP contribution in [-0.2, 0) is 5.33 Å². The summed E-state index contributed by atoms with van der Waals surface area (Å²) in [7, 11) is 0. The molecule has 0 radical (unpaired) electrons. The molecule has 1 heterocycles. The summed E-state index contributed by atoms with van der Waals surface area (Å²) in [5, 5.41) is 0.266. The molecule has 0 N–H and O–H groups in total. The molecule has 1 rings (SSSR count). The van der Waals surface area contributed by atoms with Crippen LogP contribution in [0.25, 0.3) is 0 Å². The van der Waals surface area contributed by atoms with Gasteiger partial charge in [-0.25, -0.2) is 4.98 Å². The number of halogens is 5. The maximum Gasteiger partial charge on any atom is 0.574 e. The Morgan fingerprint density at radius 1 is 1.50 bits per heavy atom. The highest BCUT2D eigenvalue weighted by Crippen LogP contribution is 2.26. The van der Waals surface area contributed by atoms with Crippen LogP contribution in [0.2, 0.25) is 0 Å². The second-order valence-corrected chi connectivity index (χ2v) is 4.11. The van der Waals surface area contributed by atoms with E-state index in [4.69, 9.17) is 0 Å². The summed E-state index contributed by atoms with van der Waals surface area (Å²) in [6, 6.07) is 1.57. The lowest BCUT2D eigenvalue weighted by Crippen LogP contribution is -2.18. The van der Waals surface area contributed by atoms with Gasteiger partial charge in [0.25, 0.3) is 0 Å². The predicted octanol–water partition coefficient (Wildman–Crippen LogP) is 3.48. The van der Waals surface area contributed by atoms with E-state index in [1.54, 1.807) is 6.07 Å². The summed E-state index contributed by atoms with van der Waals surface area (Å²) in [6.07, 6.45) is -3.38. The van der Waals surface area contributed by atoms with Crippen LogP contribution in [-0.4, -0.2) is 11.3 Å². The Hall–Kier alpha value is -0.0500. The highest BCUT2D eigenvalue weighted by molar-refractivity contribution is 14.1. The van der Waals surface area contributed by atoms with Gasteiger partial charge < -0.3 is 4.74 Å². The molecule has 0 saturated carbocycles. The Balaban J connectivity index is 2.97. The van der Waals surface area contributed by atoms with E-state index in [-0.39, 0.29) is 5.33 Å². The van der Waals surface area contributed by atoms with Crippen molar-refractivity contribution < 1.29 is 17.9 Å². The van der Waals surface area contributed by atoms with Crippen molar-refractivity contribution in [3.8, 4) is 5.88 Å². The van der Waals surface area contributed by atoms with E-state index < -0.39 is 12.2 Å². The number of pyridine rings is 1. The molecule has 0 aliphatic rings. The molecular formula is C7H4BrF3INO. The third kappa shape index (κ3) is 3.60. The fraction of sp³-hybridized carbons (Fsp3) is 0.286. The molecule has 0 aromatic carbocycles.